The summed E-state index contributed by atoms with van der Waals surface area (Å²) in [7, 11) is 0. The lowest BCUT2D eigenvalue weighted by Crippen LogP contribution is -2.35. The first-order valence-electron chi connectivity index (χ1n) is 14.4. The van der Waals surface area contributed by atoms with E-state index in [1.165, 1.54) is 12.1 Å². The fourth-order valence-electron chi connectivity index (χ4n) is 4.84. The number of carbonyl (C=O) groups excluding carboxylic acids is 3. The van der Waals surface area contributed by atoms with E-state index in [-0.39, 0.29) is 43.6 Å². The predicted octanol–water partition coefficient (Wildman–Crippen LogP) is 4.89. The molecule has 1 heterocycles. The number of aliphatic carboxylic acids is 2. The standard InChI is InChI=1S/C32H33FN6O7/c1-17-5-12-22(33)25(15-17)36-32(46)35-20-10-6-18(7-11-20)21-3-2-4-24-29(21)30(39-38-24)37-27(41)16-23(34)26(40)13-8-19(31(44)45)9-14-28(42)43/h2-7,10-12,15,19,23H,8-9,13-14,16,34H2,1H3,(H,42,43)(H,44,45)(H2,35,36,46)(H2,37,38,39,41)/t19-,23-/m0/s1. The number of aromatic amines is 1. The third-order valence-corrected chi connectivity index (χ3v) is 7.29. The van der Waals surface area contributed by atoms with Crippen molar-refractivity contribution in [2.75, 3.05) is 16.0 Å². The average molecular weight is 633 g/mol. The van der Waals surface area contributed by atoms with Gasteiger partial charge in [-0.2, -0.15) is 5.10 Å². The summed E-state index contributed by atoms with van der Waals surface area (Å²) in [5.41, 5.74) is 9.31. The second-order valence-electron chi connectivity index (χ2n) is 10.8. The van der Waals surface area contributed by atoms with Gasteiger partial charge in [0, 0.05) is 24.9 Å². The van der Waals surface area contributed by atoms with Gasteiger partial charge in [0.25, 0.3) is 0 Å². The lowest BCUT2D eigenvalue weighted by molar-refractivity contribution is -0.143. The van der Waals surface area contributed by atoms with Crippen LogP contribution in [0.15, 0.2) is 60.7 Å². The Morgan fingerprint density at radius 1 is 0.935 bits per heavy atom. The van der Waals surface area contributed by atoms with Gasteiger partial charge >= 0.3 is 18.0 Å². The highest BCUT2D eigenvalue weighted by Gasteiger charge is 2.24. The van der Waals surface area contributed by atoms with Gasteiger partial charge in [0.15, 0.2) is 5.82 Å². The Hall–Kier alpha value is -5.63. The van der Waals surface area contributed by atoms with Crippen molar-refractivity contribution in [3.8, 4) is 11.1 Å². The molecule has 4 aromatic rings. The van der Waals surface area contributed by atoms with E-state index in [4.69, 9.17) is 10.8 Å². The fourth-order valence-corrected chi connectivity index (χ4v) is 4.84. The molecule has 1 aromatic heterocycles. The van der Waals surface area contributed by atoms with E-state index in [1.54, 1.807) is 49.4 Å². The molecule has 3 aromatic carbocycles. The van der Waals surface area contributed by atoms with Crippen LogP contribution < -0.4 is 21.7 Å². The molecule has 0 fully saturated rings. The van der Waals surface area contributed by atoms with Crippen LogP contribution in [0.4, 0.5) is 26.4 Å². The minimum absolute atomic E-state index is 0.0560. The maximum atomic E-state index is 14.0. The van der Waals surface area contributed by atoms with E-state index in [0.717, 1.165) is 11.1 Å². The fraction of sp³-hybridized carbons (Fsp3) is 0.250. The topological polar surface area (TPSA) is 217 Å². The number of carboxylic acids is 2. The van der Waals surface area contributed by atoms with Gasteiger partial charge in [-0.1, -0.05) is 30.3 Å². The Labute approximate surface area is 262 Å². The molecule has 13 nitrogen and oxygen atoms in total. The van der Waals surface area contributed by atoms with Crippen molar-refractivity contribution in [1.29, 1.82) is 0 Å². The number of H-pyrrole nitrogens is 1. The van der Waals surface area contributed by atoms with Gasteiger partial charge in [-0.05, 0) is 66.8 Å². The van der Waals surface area contributed by atoms with Gasteiger partial charge < -0.3 is 31.9 Å². The molecule has 2 atom stereocenters. The maximum Gasteiger partial charge on any atom is 0.323 e. The molecular weight excluding hydrogens is 599 g/mol. The van der Waals surface area contributed by atoms with E-state index >= 15 is 0 Å². The summed E-state index contributed by atoms with van der Waals surface area (Å²) in [6, 6.07) is 14.8. The number of nitrogens with zero attached hydrogens (tertiary/aromatic N) is 1. The molecule has 0 spiro atoms. The molecule has 0 bridgehead atoms. The first-order chi connectivity index (χ1) is 21.9. The van der Waals surface area contributed by atoms with E-state index in [9.17, 15) is 33.5 Å². The number of urea groups is 1. The zero-order valence-corrected chi connectivity index (χ0v) is 24.8. The number of amides is 3. The number of aryl methyl sites for hydroxylation is 1. The van der Waals surface area contributed by atoms with E-state index < -0.39 is 47.4 Å². The monoisotopic (exact) mass is 632 g/mol. The van der Waals surface area contributed by atoms with Crippen LogP contribution in [-0.4, -0.2) is 56.1 Å². The van der Waals surface area contributed by atoms with E-state index in [2.05, 4.69) is 26.1 Å². The minimum atomic E-state index is -1.20. The highest BCUT2D eigenvalue weighted by atomic mass is 19.1. The summed E-state index contributed by atoms with van der Waals surface area (Å²) in [5.74, 6) is -4.80. The van der Waals surface area contributed by atoms with Crippen LogP contribution in [0.1, 0.15) is 37.7 Å². The number of nitrogens with two attached hydrogens (primary N) is 1. The van der Waals surface area contributed by atoms with Crippen LogP contribution in [0.2, 0.25) is 0 Å². The number of hydrogen-bond donors (Lipinski definition) is 7. The number of fused-ring (bicyclic) bond motifs is 1. The van der Waals surface area contributed by atoms with Crippen molar-refractivity contribution in [3.63, 3.8) is 0 Å². The summed E-state index contributed by atoms with van der Waals surface area (Å²) in [6.45, 7) is 1.78. The number of benzene rings is 3. The number of nitrogens with one attached hydrogen (secondary N) is 4. The number of ketones is 1. The summed E-state index contributed by atoms with van der Waals surface area (Å²) in [6.07, 6.45) is -1.14. The molecular formula is C32H33FN6O7. The lowest BCUT2D eigenvalue weighted by atomic mass is 9.94. The van der Waals surface area contributed by atoms with Crippen molar-refractivity contribution in [1.82, 2.24) is 10.2 Å². The number of carboxylic acid groups (broad SMARTS) is 2. The molecule has 46 heavy (non-hydrogen) atoms. The molecule has 0 aliphatic rings. The van der Waals surface area contributed by atoms with Gasteiger partial charge in [0.05, 0.1) is 28.6 Å². The second-order valence-corrected chi connectivity index (χ2v) is 10.8. The zero-order chi connectivity index (χ0) is 33.4. The number of halogens is 1. The Balaban J connectivity index is 1.39. The molecule has 240 valence electrons. The van der Waals surface area contributed by atoms with Gasteiger partial charge in [-0.15, -0.1) is 0 Å². The first kappa shape index (κ1) is 33.3. The lowest BCUT2D eigenvalue weighted by Gasteiger charge is -2.14. The molecule has 0 aliphatic heterocycles. The van der Waals surface area contributed by atoms with Crippen molar-refractivity contribution in [2.24, 2.45) is 11.7 Å². The number of rotatable bonds is 14. The van der Waals surface area contributed by atoms with Crippen molar-refractivity contribution < 1.29 is 38.6 Å². The van der Waals surface area contributed by atoms with Gasteiger partial charge in [0.2, 0.25) is 5.91 Å². The summed E-state index contributed by atoms with van der Waals surface area (Å²) < 4.78 is 14.0. The van der Waals surface area contributed by atoms with Gasteiger partial charge in [-0.3, -0.25) is 24.3 Å². The summed E-state index contributed by atoms with van der Waals surface area (Å²) in [4.78, 5) is 59.9. The third kappa shape index (κ3) is 8.72. The largest absolute Gasteiger partial charge is 0.481 e. The van der Waals surface area contributed by atoms with E-state index in [0.29, 0.717) is 22.2 Å². The molecule has 0 saturated carbocycles. The minimum Gasteiger partial charge on any atom is -0.481 e. The first-order valence-corrected chi connectivity index (χ1v) is 14.4. The SMILES string of the molecule is Cc1ccc(F)c(NC(=O)Nc2ccc(-c3cccc4[nH]nc(NC(=O)C[C@H](N)C(=O)CC[C@@H](CCC(=O)O)C(=O)O)c34)cc2)c1. The molecule has 3 amide bonds. The Bertz CT molecular complexity index is 1770. The highest BCUT2D eigenvalue weighted by Crippen LogP contribution is 2.33. The Morgan fingerprint density at radius 2 is 1.65 bits per heavy atom. The summed E-state index contributed by atoms with van der Waals surface area (Å²) in [5, 5.41) is 33.6. The molecule has 14 heteroatoms. The van der Waals surface area contributed by atoms with Crippen LogP contribution in [0.3, 0.4) is 0 Å². The Kier molecular flexibility index (Phi) is 10.8. The van der Waals surface area contributed by atoms with Gasteiger partial charge in [-0.25, -0.2) is 9.18 Å². The average Bonchev–Trinajstić information content (AvgIpc) is 3.41. The highest BCUT2D eigenvalue weighted by molar-refractivity contribution is 6.07. The van der Waals surface area contributed by atoms with E-state index in [1.807, 2.05) is 6.07 Å². The third-order valence-electron chi connectivity index (χ3n) is 7.29. The molecule has 0 radical (unpaired) electrons. The zero-order valence-electron chi connectivity index (χ0n) is 24.8. The second kappa shape index (κ2) is 14.9. The molecule has 0 aliphatic carbocycles. The molecule has 0 saturated heterocycles. The number of carbonyl (C=O) groups is 5. The van der Waals surface area contributed by atoms with Crippen LogP contribution in [-0.2, 0) is 19.2 Å². The van der Waals surface area contributed by atoms with Crippen LogP contribution in [0.25, 0.3) is 22.0 Å². The number of hydrogen-bond acceptors (Lipinski definition) is 7. The van der Waals surface area contributed by atoms with Crippen LogP contribution >= 0.6 is 0 Å². The number of anilines is 3. The molecule has 0 unspecified atom stereocenters. The predicted molar refractivity (Wildman–Crippen MR) is 169 cm³/mol. The maximum absolute atomic E-state index is 14.0. The van der Waals surface area contributed by atoms with Crippen molar-refractivity contribution >= 4 is 57.8 Å². The normalized spacial score (nSPS) is 12.2. The smallest absolute Gasteiger partial charge is 0.323 e. The quantitative estimate of drug-likeness (QED) is 0.100. The number of aromatic nitrogens is 2. The molecule has 8 N–H and O–H groups in total. The molecule has 4 rings (SSSR count). The summed E-state index contributed by atoms with van der Waals surface area (Å²) >= 11 is 0. The van der Waals surface area contributed by atoms with Crippen molar-refractivity contribution in [3.05, 3.63) is 72.0 Å². The van der Waals surface area contributed by atoms with Crippen molar-refractivity contribution in [2.45, 2.75) is 45.1 Å². The Morgan fingerprint density at radius 3 is 2.35 bits per heavy atom. The number of Topliss-reactive ketones (excluding diaryl/α,β-unsaturated/α-hetero) is 1. The van der Waals surface area contributed by atoms with Crippen LogP contribution in [0.5, 0.6) is 0 Å². The van der Waals surface area contributed by atoms with Crippen LogP contribution in [0, 0.1) is 18.7 Å². The van der Waals surface area contributed by atoms with Gasteiger partial charge in [0.1, 0.15) is 11.6 Å².